The van der Waals surface area contributed by atoms with E-state index in [1.165, 1.54) is 4.90 Å². The van der Waals surface area contributed by atoms with Gasteiger partial charge in [0.25, 0.3) is 0 Å². The summed E-state index contributed by atoms with van der Waals surface area (Å²) in [5.41, 5.74) is 0. The van der Waals surface area contributed by atoms with Crippen LogP contribution in [-0.4, -0.2) is 41.3 Å². The molecule has 1 aliphatic heterocycles. The zero-order valence-electron chi connectivity index (χ0n) is 7.81. The van der Waals surface area contributed by atoms with Gasteiger partial charge in [0.2, 0.25) is 0 Å². The van der Waals surface area contributed by atoms with Crippen LogP contribution in [0.4, 0.5) is 4.79 Å². The van der Waals surface area contributed by atoms with Crippen LogP contribution in [0.3, 0.4) is 0 Å². The highest BCUT2D eigenvalue weighted by molar-refractivity contribution is 5.71. The van der Waals surface area contributed by atoms with Crippen LogP contribution in [0.5, 0.6) is 0 Å². The molecule has 0 aromatic heterocycles. The summed E-state index contributed by atoms with van der Waals surface area (Å²) in [4.78, 5) is 23.1. The Labute approximate surface area is 82.0 Å². The molecule has 1 aliphatic rings. The molecule has 5 nitrogen and oxygen atoms in total. The van der Waals surface area contributed by atoms with Gasteiger partial charge >= 0.3 is 12.1 Å². The molecule has 0 spiro atoms. The fourth-order valence-corrected chi connectivity index (χ4v) is 1.33. The summed E-state index contributed by atoms with van der Waals surface area (Å²) in [6, 6.07) is 0. The van der Waals surface area contributed by atoms with Crippen molar-refractivity contribution < 1.29 is 19.4 Å². The van der Waals surface area contributed by atoms with Crippen molar-refractivity contribution in [3.63, 3.8) is 0 Å². The number of rotatable bonds is 4. The average molecular weight is 199 g/mol. The Bertz CT molecular complexity index is 251. The first-order valence-corrected chi connectivity index (χ1v) is 4.41. The quantitative estimate of drug-likeness (QED) is 0.682. The molecular formula is C9H13NO4. The second-order valence-corrected chi connectivity index (χ2v) is 3.13. The molecule has 1 rings (SSSR count). The molecule has 0 aromatic rings. The Hall–Kier alpha value is -1.52. The molecule has 1 heterocycles. The Kier molecular flexibility index (Phi) is 3.50. The summed E-state index contributed by atoms with van der Waals surface area (Å²) in [6.45, 7) is 4.49. The van der Waals surface area contributed by atoms with Gasteiger partial charge in [-0.25, -0.2) is 4.79 Å². The summed E-state index contributed by atoms with van der Waals surface area (Å²) in [5.74, 6) is -0.944. The number of nitrogens with zero attached hydrogens (tertiary/aromatic N) is 1. The fraction of sp³-hybridized carbons (Fsp3) is 0.556. The second kappa shape index (κ2) is 4.64. The van der Waals surface area contributed by atoms with E-state index in [0.717, 1.165) is 0 Å². The minimum absolute atomic E-state index is 0.117. The highest BCUT2D eigenvalue weighted by atomic mass is 16.6. The van der Waals surface area contributed by atoms with Crippen molar-refractivity contribution in [3.05, 3.63) is 12.7 Å². The van der Waals surface area contributed by atoms with E-state index in [2.05, 4.69) is 6.58 Å². The third-order valence-electron chi connectivity index (χ3n) is 2.00. The number of hydrogen-bond acceptors (Lipinski definition) is 3. The minimum atomic E-state index is -0.944. The lowest BCUT2D eigenvalue weighted by Gasteiger charge is -2.30. The number of hydrogen-bond donors (Lipinski definition) is 1. The second-order valence-electron chi connectivity index (χ2n) is 3.13. The summed E-state index contributed by atoms with van der Waals surface area (Å²) < 4.78 is 4.92. The molecule has 5 heteroatoms. The molecule has 1 N–H and O–H groups in total. The first-order valence-electron chi connectivity index (χ1n) is 4.41. The van der Waals surface area contributed by atoms with Gasteiger partial charge in [-0.05, 0) is 0 Å². The fourth-order valence-electron chi connectivity index (χ4n) is 1.33. The first kappa shape index (κ1) is 10.6. The number of aliphatic carboxylic acids is 1. The van der Waals surface area contributed by atoms with Crippen molar-refractivity contribution in [3.8, 4) is 0 Å². The largest absolute Gasteiger partial charge is 0.481 e. The van der Waals surface area contributed by atoms with Crippen LogP contribution >= 0.6 is 0 Å². The Morgan fingerprint density at radius 3 is 3.00 bits per heavy atom. The monoisotopic (exact) mass is 199 g/mol. The van der Waals surface area contributed by atoms with E-state index in [-0.39, 0.29) is 6.42 Å². The zero-order valence-corrected chi connectivity index (χ0v) is 7.81. The molecule has 1 saturated heterocycles. The van der Waals surface area contributed by atoms with Crippen molar-refractivity contribution in [1.29, 1.82) is 0 Å². The van der Waals surface area contributed by atoms with Gasteiger partial charge in [0, 0.05) is 19.5 Å². The van der Waals surface area contributed by atoms with E-state index in [9.17, 15) is 9.59 Å². The van der Waals surface area contributed by atoms with E-state index in [0.29, 0.717) is 19.5 Å². The number of ether oxygens (including phenoxy) is 1. The molecule has 1 atom stereocenters. The van der Waals surface area contributed by atoms with Gasteiger partial charge in [-0.1, -0.05) is 6.08 Å². The molecule has 0 saturated carbocycles. The molecule has 1 unspecified atom stereocenters. The molecule has 0 aromatic carbocycles. The van der Waals surface area contributed by atoms with Crippen molar-refractivity contribution in [1.82, 2.24) is 4.90 Å². The van der Waals surface area contributed by atoms with Gasteiger partial charge in [-0.2, -0.15) is 0 Å². The van der Waals surface area contributed by atoms with Crippen LogP contribution in [-0.2, 0) is 9.53 Å². The third kappa shape index (κ3) is 2.76. The smallest absolute Gasteiger partial charge is 0.410 e. The molecule has 0 radical (unpaired) electrons. The summed E-state index contributed by atoms with van der Waals surface area (Å²) >= 11 is 0. The molecule has 0 aliphatic carbocycles. The molecule has 1 fully saturated rings. The van der Waals surface area contributed by atoms with Crippen LogP contribution in [0, 0.1) is 0 Å². The maximum atomic E-state index is 11.2. The third-order valence-corrected chi connectivity index (χ3v) is 2.00. The van der Waals surface area contributed by atoms with E-state index in [4.69, 9.17) is 9.84 Å². The van der Waals surface area contributed by atoms with Crippen LogP contribution in [0.25, 0.3) is 0 Å². The standard InChI is InChI=1S/C9H13NO4/c1-2-4-10-5-3-7(6-8(11)12)14-9(10)13/h2,7H,1,3-6H2,(H,11,12). The number of carbonyl (C=O) groups is 2. The predicted molar refractivity (Wildman–Crippen MR) is 48.9 cm³/mol. The normalized spacial score (nSPS) is 21.6. The maximum Gasteiger partial charge on any atom is 0.410 e. The molecular weight excluding hydrogens is 186 g/mol. The number of amides is 1. The van der Waals surface area contributed by atoms with Crippen LogP contribution in [0.15, 0.2) is 12.7 Å². The Morgan fingerprint density at radius 2 is 2.50 bits per heavy atom. The van der Waals surface area contributed by atoms with E-state index in [1.54, 1.807) is 6.08 Å². The Morgan fingerprint density at radius 1 is 1.79 bits per heavy atom. The van der Waals surface area contributed by atoms with Crippen molar-refractivity contribution in [2.75, 3.05) is 13.1 Å². The van der Waals surface area contributed by atoms with Crippen LogP contribution in [0.1, 0.15) is 12.8 Å². The first-order chi connectivity index (χ1) is 6.63. The number of carboxylic acid groups (broad SMARTS) is 1. The molecule has 1 amide bonds. The van der Waals surface area contributed by atoms with Crippen LogP contribution in [0.2, 0.25) is 0 Å². The molecule has 78 valence electrons. The average Bonchev–Trinajstić information content (AvgIpc) is 2.09. The van der Waals surface area contributed by atoms with Gasteiger partial charge in [0.05, 0.1) is 6.42 Å². The number of cyclic esters (lactones) is 1. The summed E-state index contributed by atoms with van der Waals surface area (Å²) in [7, 11) is 0. The minimum Gasteiger partial charge on any atom is -0.481 e. The number of carboxylic acids is 1. The van der Waals surface area contributed by atoms with Gasteiger partial charge < -0.3 is 14.7 Å². The lowest BCUT2D eigenvalue weighted by atomic mass is 10.1. The van der Waals surface area contributed by atoms with Gasteiger partial charge in [-0.15, -0.1) is 6.58 Å². The Balaban J connectivity index is 2.42. The van der Waals surface area contributed by atoms with E-state index < -0.39 is 18.2 Å². The SMILES string of the molecule is C=CCN1CCC(CC(=O)O)OC1=O. The van der Waals surface area contributed by atoms with E-state index >= 15 is 0 Å². The highest BCUT2D eigenvalue weighted by Crippen LogP contribution is 2.14. The van der Waals surface area contributed by atoms with Crippen LogP contribution < -0.4 is 0 Å². The van der Waals surface area contributed by atoms with Crippen molar-refractivity contribution in [2.24, 2.45) is 0 Å². The lowest BCUT2D eigenvalue weighted by molar-refractivity contribution is -0.139. The highest BCUT2D eigenvalue weighted by Gasteiger charge is 2.27. The van der Waals surface area contributed by atoms with Crippen molar-refractivity contribution >= 4 is 12.1 Å². The topological polar surface area (TPSA) is 66.8 Å². The lowest BCUT2D eigenvalue weighted by Crippen LogP contribution is -2.42. The van der Waals surface area contributed by atoms with Crippen molar-refractivity contribution in [2.45, 2.75) is 18.9 Å². The van der Waals surface area contributed by atoms with Gasteiger partial charge in [-0.3, -0.25) is 4.79 Å². The maximum absolute atomic E-state index is 11.2. The molecule has 14 heavy (non-hydrogen) atoms. The number of carbonyl (C=O) groups excluding carboxylic acids is 1. The van der Waals surface area contributed by atoms with Gasteiger partial charge in [0.1, 0.15) is 6.10 Å². The van der Waals surface area contributed by atoms with Gasteiger partial charge in [0.15, 0.2) is 0 Å². The summed E-state index contributed by atoms with van der Waals surface area (Å²) in [5, 5.41) is 8.50. The predicted octanol–water partition coefficient (Wildman–Crippen LogP) is 0.858. The summed E-state index contributed by atoms with van der Waals surface area (Å²) in [6.07, 6.45) is 1.11. The molecule has 0 bridgehead atoms. The van der Waals surface area contributed by atoms with E-state index in [1.807, 2.05) is 0 Å². The zero-order chi connectivity index (χ0) is 10.6.